The predicted octanol–water partition coefficient (Wildman–Crippen LogP) is 2.61. The molecule has 1 saturated heterocycles. The highest BCUT2D eigenvalue weighted by Crippen LogP contribution is 2.31. The molecule has 0 spiro atoms. The molecule has 2 atom stereocenters. The Hall–Kier alpha value is -2.15. The van der Waals surface area contributed by atoms with E-state index in [1.807, 2.05) is 41.9 Å². The molecule has 2 unspecified atom stereocenters. The van der Waals surface area contributed by atoms with Crippen molar-refractivity contribution in [1.82, 2.24) is 15.1 Å². The minimum Gasteiger partial charge on any atom is -0.344 e. The number of carbonyl (C=O) groups is 1. The second kappa shape index (κ2) is 7.11. The fourth-order valence-corrected chi connectivity index (χ4v) is 5.86. The summed E-state index contributed by atoms with van der Waals surface area (Å²) in [7, 11) is -3.00. The summed E-state index contributed by atoms with van der Waals surface area (Å²) in [5.74, 6) is 0.158. The molecule has 144 valence electrons. The Labute approximate surface area is 159 Å². The molecule has 1 amide bonds. The van der Waals surface area contributed by atoms with Gasteiger partial charge in [0.1, 0.15) is 0 Å². The zero-order valence-corrected chi connectivity index (χ0v) is 16.3. The molecule has 1 aromatic heterocycles. The van der Waals surface area contributed by atoms with Crippen LogP contribution in [0.3, 0.4) is 0 Å². The van der Waals surface area contributed by atoms with Gasteiger partial charge in [-0.1, -0.05) is 30.3 Å². The van der Waals surface area contributed by atoms with Gasteiger partial charge in [0.25, 0.3) is 5.91 Å². The molecule has 1 aromatic carbocycles. The van der Waals surface area contributed by atoms with E-state index in [4.69, 9.17) is 0 Å². The van der Waals surface area contributed by atoms with Crippen LogP contribution in [0.2, 0.25) is 0 Å². The van der Waals surface area contributed by atoms with Gasteiger partial charge in [-0.25, -0.2) is 8.42 Å². The molecular formula is C20H25N3O3S. The number of benzene rings is 1. The van der Waals surface area contributed by atoms with E-state index in [1.54, 1.807) is 0 Å². The SMILES string of the molecule is CC(NC(=O)c1nn(C2CCS(=O)(=O)C2)c2c1CCCC2)c1ccccc1. The number of sulfone groups is 1. The Morgan fingerprint density at radius 1 is 1.22 bits per heavy atom. The number of fused-ring (bicyclic) bond motifs is 1. The molecule has 0 radical (unpaired) electrons. The summed E-state index contributed by atoms with van der Waals surface area (Å²) < 4.78 is 25.7. The average Bonchev–Trinajstić information content (AvgIpc) is 3.22. The molecule has 1 aliphatic heterocycles. The van der Waals surface area contributed by atoms with Crippen LogP contribution < -0.4 is 5.32 Å². The van der Waals surface area contributed by atoms with Crippen molar-refractivity contribution in [2.45, 2.75) is 51.1 Å². The maximum absolute atomic E-state index is 13.0. The third kappa shape index (κ3) is 3.65. The molecule has 2 aliphatic rings. The molecule has 6 nitrogen and oxygen atoms in total. The van der Waals surface area contributed by atoms with Crippen molar-refractivity contribution in [3.05, 3.63) is 52.8 Å². The summed E-state index contributed by atoms with van der Waals surface area (Å²) in [6.07, 6.45) is 4.37. The molecule has 27 heavy (non-hydrogen) atoms. The minimum absolute atomic E-state index is 0.116. The van der Waals surface area contributed by atoms with Crippen molar-refractivity contribution in [3.63, 3.8) is 0 Å². The lowest BCUT2D eigenvalue weighted by Gasteiger charge is -2.17. The molecule has 2 heterocycles. The summed E-state index contributed by atoms with van der Waals surface area (Å²) in [4.78, 5) is 13.0. The number of nitrogens with zero attached hydrogens (tertiary/aromatic N) is 2. The van der Waals surface area contributed by atoms with Gasteiger partial charge in [-0.05, 0) is 44.6 Å². The number of amides is 1. The first kappa shape index (κ1) is 18.2. The Morgan fingerprint density at radius 3 is 2.67 bits per heavy atom. The molecule has 7 heteroatoms. The van der Waals surface area contributed by atoms with Crippen LogP contribution in [0.4, 0.5) is 0 Å². The number of hydrogen-bond acceptors (Lipinski definition) is 4. The Kier molecular flexibility index (Phi) is 4.80. The van der Waals surface area contributed by atoms with E-state index >= 15 is 0 Å². The number of hydrogen-bond donors (Lipinski definition) is 1. The fraction of sp³-hybridized carbons (Fsp3) is 0.500. The monoisotopic (exact) mass is 387 g/mol. The molecule has 4 rings (SSSR count). The lowest BCUT2D eigenvalue weighted by Crippen LogP contribution is -2.28. The molecule has 1 N–H and O–H groups in total. The van der Waals surface area contributed by atoms with E-state index in [-0.39, 0.29) is 29.5 Å². The largest absolute Gasteiger partial charge is 0.344 e. The summed E-state index contributed by atoms with van der Waals surface area (Å²) in [6, 6.07) is 9.57. The Morgan fingerprint density at radius 2 is 1.96 bits per heavy atom. The predicted molar refractivity (Wildman–Crippen MR) is 104 cm³/mol. The van der Waals surface area contributed by atoms with Gasteiger partial charge in [-0.2, -0.15) is 5.10 Å². The number of rotatable bonds is 4. The van der Waals surface area contributed by atoms with Crippen LogP contribution in [0.25, 0.3) is 0 Å². The van der Waals surface area contributed by atoms with Crippen molar-refractivity contribution in [2.75, 3.05) is 11.5 Å². The summed E-state index contributed by atoms with van der Waals surface area (Å²) in [6.45, 7) is 1.96. The third-order valence-electron chi connectivity index (χ3n) is 5.63. The van der Waals surface area contributed by atoms with Crippen LogP contribution in [-0.2, 0) is 22.7 Å². The maximum Gasteiger partial charge on any atom is 0.272 e. The fourth-order valence-electron chi connectivity index (χ4n) is 4.17. The van der Waals surface area contributed by atoms with Crippen molar-refractivity contribution in [3.8, 4) is 0 Å². The van der Waals surface area contributed by atoms with Crippen molar-refractivity contribution < 1.29 is 13.2 Å². The summed E-state index contributed by atoms with van der Waals surface area (Å²) in [5.41, 5.74) is 3.57. The van der Waals surface area contributed by atoms with Gasteiger partial charge in [-0.15, -0.1) is 0 Å². The van der Waals surface area contributed by atoms with E-state index in [0.717, 1.165) is 42.5 Å². The molecule has 2 aromatic rings. The van der Waals surface area contributed by atoms with Gasteiger partial charge in [0.05, 0.1) is 23.6 Å². The van der Waals surface area contributed by atoms with Crippen molar-refractivity contribution >= 4 is 15.7 Å². The highest BCUT2D eigenvalue weighted by Gasteiger charge is 2.34. The number of aromatic nitrogens is 2. The molecule has 1 fully saturated rings. The van der Waals surface area contributed by atoms with Gasteiger partial charge >= 0.3 is 0 Å². The first-order valence-electron chi connectivity index (χ1n) is 9.61. The van der Waals surface area contributed by atoms with E-state index in [2.05, 4.69) is 10.4 Å². The minimum atomic E-state index is -3.00. The van der Waals surface area contributed by atoms with Gasteiger partial charge in [0.2, 0.25) is 0 Å². The lowest BCUT2D eigenvalue weighted by atomic mass is 9.95. The average molecular weight is 388 g/mol. The van der Waals surface area contributed by atoms with Gasteiger partial charge < -0.3 is 5.32 Å². The van der Waals surface area contributed by atoms with Crippen LogP contribution in [0.5, 0.6) is 0 Å². The number of carbonyl (C=O) groups excluding carboxylic acids is 1. The number of nitrogens with one attached hydrogen (secondary N) is 1. The Bertz CT molecular complexity index is 950. The van der Waals surface area contributed by atoms with Crippen LogP contribution in [0, 0.1) is 0 Å². The van der Waals surface area contributed by atoms with Crippen molar-refractivity contribution in [2.24, 2.45) is 0 Å². The van der Waals surface area contributed by atoms with E-state index in [1.165, 1.54) is 0 Å². The normalized spacial score (nSPS) is 22.2. The maximum atomic E-state index is 13.0. The van der Waals surface area contributed by atoms with Gasteiger partial charge in [0, 0.05) is 11.3 Å². The quantitative estimate of drug-likeness (QED) is 0.874. The van der Waals surface area contributed by atoms with Crippen LogP contribution >= 0.6 is 0 Å². The van der Waals surface area contributed by atoms with E-state index < -0.39 is 9.84 Å². The van der Waals surface area contributed by atoms with Crippen LogP contribution in [0.15, 0.2) is 30.3 Å². The zero-order chi connectivity index (χ0) is 19.0. The molecule has 0 saturated carbocycles. The van der Waals surface area contributed by atoms with E-state index in [0.29, 0.717) is 12.1 Å². The van der Waals surface area contributed by atoms with Gasteiger partial charge in [-0.3, -0.25) is 9.48 Å². The van der Waals surface area contributed by atoms with Crippen LogP contribution in [-0.4, -0.2) is 35.6 Å². The highest BCUT2D eigenvalue weighted by molar-refractivity contribution is 7.91. The third-order valence-corrected chi connectivity index (χ3v) is 7.38. The van der Waals surface area contributed by atoms with E-state index in [9.17, 15) is 13.2 Å². The molecular weight excluding hydrogens is 362 g/mol. The zero-order valence-electron chi connectivity index (χ0n) is 15.5. The summed E-state index contributed by atoms with van der Waals surface area (Å²) in [5, 5.41) is 7.68. The van der Waals surface area contributed by atoms with Gasteiger partial charge in [0.15, 0.2) is 15.5 Å². The smallest absolute Gasteiger partial charge is 0.272 e. The topological polar surface area (TPSA) is 81.1 Å². The van der Waals surface area contributed by atoms with Crippen molar-refractivity contribution in [1.29, 1.82) is 0 Å². The molecule has 0 bridgehead atoms. The first-order chi connectivity index (χ1) is 12.9. The Balaban J connectivity index is 1.62. The summed E-state index contributed by atoms with van der Waals surface area (Å²) >= 11 is 0. The van der Waals surface area contributed by atoms with Crippen LogP contribution in [0.1, 0.15) is 65.6 Å². The standard InChI is InChI=1S/C20H25N3O3S/c1-14(15-7-3-2-4-8-15)21-20(24)19-17-9-5-6-10-18(17)23(22-19)16-11-12-27(25,26)13-16/h2-4,7-8,14,16H,5-6,9-13H2,1H3,(H,21,24). The second-order valence-electron chi connectivity index (χ2n) is 7.59. The highest BCUT2D eigenvalue weighted by atomic mass is 32.2. The lowest BCUT2D eigenvalue weighted by molar-refractivity contribution is 0.0932. The first-order valence-corrected chi connectivity index (χ1v) is 11.4. The molecule has 1 aliphatic carbocycles. The second-order valence-corrected chi connectivity index (χ2v) is 9.82.